The minimum Gasteiger partial charge on any atom is -0.490 e. The Morgan fingerprint density at radius 2 is 1.80 bits per heavy atom. The molecule has 0 N–H and O–H groups in total. The number of oxime groups is 1. The summed E-state index contributed by atoms with van der Waals surface area (Å²) < 4.78 is 29.6. The lowest BCUT2D eigenvalue weighted by atomic mass is 10.0. The molecule has 0 aliphatic heterocycles. The molecule has 0 unspecified atom stereocenters. The molecule has 0 aliphatic carbocycles. The quantitative estimate of drug-likeness (QED) is 0.441. The predicted octanol–water partition coefficient (Wildman–Crippen LogP) is 3.51. The molecule has 5 heteroatoms. The lowest BCUT2D eigenvalue weighted by Gasteiger charge is -2.10. The number of alkyl halides is 2. The molecule has 0 aliphatic rings. The molecular weight excluding hydrogens is 264 g/mol. The summed E-state index contributed by atoms with van der Waals surface area (Å²) >= 11 is 0. The number of benzene rings is 2. The van der Waals surface area contributed by atoms with Crippen molar-refractivity contribution in [3.63, 3.8) is 0 Å². The molecule has 0 bridgehead atoms. The zero-order chi connectivity index (χ0) is 14.2. The number of hydrogen-bond acceptors (Lipinski definition) is 3. The van der Waals surface area contributed by atoms with Gasteiger partial charge in [0.1, 0.15) is 32.3 Å². The van der Waals surface area contributed by atoms with Crippen LogP contribution in [0.15, 0.2) is 41.6 Å². The highest BCUT2D eigenvalue weighted by Gasteiger charge is 2.07. The van der Waals surface area contributed by atoms with Crippen molar-refractivity contribution in [3.05, 3.63) is 42.0 Å². The van der Waals surface area contributed by atoms with E-state index in [1.807, 2.05) is 30.3 Å². The van der Waals surface area contributed by atoms with Gasteiger partial charge in [-0.25, -0.2) is 8.78 Å². The van der Waals surface area contributed by atoms with Crippen molar-refractivity contribution in [2.45, 2.75) is 0 Å². The van der Waals surface area contributed by atoms with Crippen LogP contribution in [-0.2, 0) is 4.84 Å². The van der Waals surface area contributed by atoms with E-state index in [4.69, 9.17) is 9.57 Å². The van der Waals surface area contributed by atoms with E-state index in [-0.39, 0.29) is 13.2 Å². The Labute approximate surface area is 115 Å². The fourth-order valence-corrected chi connectivity index (χ4v) is 1.86. The monoisotopic (exact) mass is 279 g/mol. The Hall–Kier alpha value is -2.17. The number of hydrogen-bond donors (Lipinski definition) is 0. The number of halogens is 2. The molecule has 0 atom stereocenters. The smallest absolute Gasteiger partial charge is 0.145 e. The van der Waals surface area contributed by atoms with Gasteiger partial charge in [0.2, 0.25) is 0 Å². The van der Waals surface area contributed by atoms with Gasteiger partial charge in [0.15, 0.2) is 0 Å². The molecule has 0 saturated heterocycles. The molecule has 0 aromatic heterocycles. The van der Waals surface area contributed by atoms with Gasteiger partial charge in [0.25, 0.3) is 0 Å². The minimum absolute atomic E-state index is 0.0233. The summed E-state index contributed by atoms with van der Waals surface area (Å²) in [7, 11) is 0. The van der Waals surface area contributed by atoms with E-state index in [2.05, 4.69) is 5.16 Å². The molecule has 0 saturated carbocycles. The molecule has 0 amide bonds. The first kappa shape index (κ1) is 14.2. The third-order valence-electron chi connectivity index (χ3n) is 2.69. The Morgan fingerprint density at radius 3 is 2.60 bits per heavy atom. The van der Waals surface area contributed by atoms with Crippen LogP contribution in [0, 0.1) is 0 Å². The molecule has 2 aromatic carbocycles. The third-order valence-corrected chi connectivity index (χ3v) is 2.69. The number of rotatable bonds is 7. The average Bonchev–Trinajstić information content (AvgIpc) is 2.50. The van der Waals surface area contributed by atoms with Gasteiger partial charge >= 0.3 is 0 Å². The SMILES string of the molecule is FCCO/N=C/c1c(OCCF)ccc2ccccc12. The fraction of sp³-hybridized carbons (Fsp3) is 0.267. The first-order valence-electron chi connectivity index (χ1n) is 6.28. The molecule has 2 rings (SSSR count). The average molecular weight is 279 g/mol. The van der Waals surface area contributed by atoms with E-state index in [1.165, 1.54) is 6.21 Å². The second-order valence-corrected chi connectivity index (χ2v) is 3.99. The lowest BCUT2D eigenvalue weighted by molar-refractivity contribution is 0.129. The molecule has 0 radical (unpaired) electrons. The van der Waals surface area contributed by atoms with Crippen LogP contribution in [0.25, 0.3) is 10.8 Å². The van der Waals surface area contributed by atoms with Crippen molar-refractivity contribution in [2.24, 2.45) is 5.16 Å². The summed E-state index contributed by atoms with van der Waals surface area (Å²) in [6.45, 7) is -1.29. The molecule has 0 heterocycles. The van der Waals surface area contributed by atoms with Crippen LogP contribution in [0.3, 0.4) is 0 Å². The number of fused-ring (bicyclic) bond motifs is 1. The maximum absolute atomic E-state index is 12.3. The van der Waals surface area contributed by atoms with Gasteiger partial charge in [0.05, 0.1) is 6.21 Å². The first-order valence-corrected chi connectivity index (χ1v) is 6.28. The Balaban J connectivity index is 2.36. The van der Waals surface area contributed by atoms with Crippen LogP contribution < -0.4 is 4.74 Å². The summed E-state index contributed by atoms with van der Waals surface area (Å²) in [5.41, 5.74) is 0.690. The molecule has 106 valence electrons. The van der Waals surface area contributed by atoms with E-state index in [0.717, 1.165) is 10.8 Å². The van der Waals surface area contributed by atoms with E-state index in [9.17, 15) is 8.78 Å². The first-order chi connectivity index (χ1) is 9.86. The summed E-state index contributed by atoms with van der Waals surface area (Å²) in [5.74, 6) is 0.522. The Kier molecular flexibility index (Phi) is 5.29. The molecule has 3 nitrogen and oxygen atoms in total. The summed E-state index contributed by atoms with van der Waals surface area (Å²) in [4.78, 5) is 4.76. The van der Waals surface area contributed by atoms with Gasteiger partial charge in [-0.1, -0.05) is 35.5 Å². The van der Waals surface area contributed by atoms with E-state index in [0.29, 0.717) is 11.3 Å². The Morgan fingerprint density at radius 1 is 1.00 bits per heavy atom. The molecule has 0 fully saturated rings. The molecule has 20 heavy (non-hydrogen) atoms. The summed E-state index contributed by atoms with van der Waals surface area (Å²) in [5, 5.41) is 5.63. The van der Waals surface area contributed by atoms with Crippen molar-refractivity contribution in [1.29, 1.82) is 0 Å². The van der Waals surface area contributed by atoms with Crippen LogP contribution in [0.5, 0.6) is 5.75 Å². The highest BCUT2D eigenvalue weighted by Crippen LogP contribution is 2.26. The van der Waals surface area contributed by atoms with Crippen LogP contribution >= 0.6 is 0 Å². The van der Waals surface area contributed by atoms with Crippen molar-refractivity contribution in [1.82, 2.24) is 0 Å². The highest BCUT2D eigenvalue weighted by atomic mass is 19.1. The lowest BCUT2D eigenvalue weighted by Crippen LogP contribution is -2.02. The summed E-state index contributed by atoms with van der Waals surface area (Å²) in [6, 6.07) is 11.3. The van der Waals surface area contributed by atoms with Crippen molar-refractivity contribution in [3.8, 4) is 5.75 Å². The van der Waals surface area contributed by atoms with Gasteiger partial charge in [-0.3, -0.25) is 0 Å². The maximum atomic E-state index is 12.3. The molecule has 2 aromatic rings. The fourth-order valence-electron chi connectivity index (χ4n) is 1.86. The van der Waals surface area contributed by atoms with Gasteiger partial charge < -0.3 is 9.57 Å². The van der Waals surface area contributed by atoms with E-state index < -0.39 is 13.3 Å². The second kappa shape index (κ2) is 7.43. The van der Waals surface area contributed by atoms with Gasteiger partial charge in [-0.05, 0) is 16.8 Å². The molecular formula is C15H15F2NO2. The number of nitrogens with zero attached hydrogens (tertiary/aromatic N) is 1. The second-order valence-electron chi connectivity index (χ2n) is 3.99. The maximum Gasteiger partial charge on any atom is 0.145 e. The normalized spacial score (nSPS) is 11.1. The Bertz CT molecular complexity index is 587. The van der Waals surface area contributed by atoms with Gasteiger partial charge in [-0.2, -0.15) is 0 Å². The van der Waals surface area contributed by atoms with Crippen molar-refractivity contribution >= 4 is 17.0 Å². The minimum atomic E-state index is -0.599. The van der Waals surface area contributed by atoms with Crippen LogP contribution in [-0.4, -0.2) is 32.8 Å². The van der Waals surface area contributed by atoms with Gasteiger partial charge in [0, 0.05) is 5.56 Å². The topological polar surface area (TPSA) is 30.8 Å². The van der Waals surface area contributed by atoms with Crippen LogP contribution in [0.2, 0.25) is 0 Å². The highest BCUT2D eigenvalue weighted by molar-refractivity contribution is 6.02. The van der Waals surface area contributed by atoms with Crippen molar-refractivity contribution in [2.75, 3.05) is 26.6 Å². The van der Waals surface area contributed by atoms with Gasteiger partial charge in [-0.15, -0.1) is 0 Å². The van der Waals surface area contributed by atoms with E-state index >= 15 is 0 Å². The zero-order valence-corrected chi connectivity index (χ0v) is 10.9. The van der Waals surface area contributed by atoms with E-state index in [1.54, 1.807) is 6.07 Å². The predicted molar refractivity (Wildman–Crippen MR) is 74.9 cm³/mol. The zero-order valence-electron chi connectivity index (χ0n) is 10.9. The largest absolute Gasteiger partial charge is 0.490 e. The van der Waals surface area contributed by atoms with Crippen LogP contribution in [0.4, 0.5) is 8.78 Å². The third kappa shape index (κ3) is 3.44. The molecule has 0 spiro atoms. The van der Waals surface area contributed by atoms with Crippen molar-refractivity contribution < 1.29 is 18.4 Å². The number of ether oxygens (including phenoxy) is 1. The summed E-state index contributed by atoms with van der Waals surface area (Å²) in [6.07, 6.45) is 1.46. The van der Waals surface area contributed by atoms with Crippen LogP contribution in [0.1, 0.15) is 5.56 Å². The standard InChI is InChI=1S/C15H15F2NO2/c16-7-9-19-15-6-5-12-3-1-2-4-13(12)14(15)11-18-20-10-8-17/h1-6,11H,7-10H2/b18-11+.